The van der Waals surface area contributed by atoms with E-state index in [4.69, 9.17) is 0 Å². The molecule has 0 saturated carbocycles. The second-order valence-electron chi connectivity index (χ2n) is 2.65. The van der Waals surface area contributed by atoms with Crippen LogP contribution in [0.4, 0.5) is 10.1 Å². The molecule has 2 rings (SSSR count). The van der Waals surface area contributed by atoms with Gasteiger partial charge in [-0.25, -0.2) is 4.39 Å². The van der Waals surface area contributed by atoms with Gasteiger partial charge >= 0.3 is 0 Å². The molecule has 0 atom stereocenters. The van der Waals surface area contributed by atoms with Crippen LogP contribution < -0.4 is 0 Å². The number of halogens is 1. The molecule has 3 nitrogen and oxygen atoms in total. The first-order chi connectivity index (χ1) is 6.61. The van der Waals surface area contributed by atoms with Crippen LogP contribution in [0.15, 0.2) is 22.4 Å². The van der Waals surface area contributed by atoms with Gasteiger partial charge in [-0.2, -0.15) is 0 Å². The normalized spacial score (nSPS) is 10.7. The van der Waals surface area contributed by atoms with E-state index in [-0.39, 0.29) is 16.0 Å². The van der Waals surface area contributed by atoms with Crippen molar-refractivity contribution in [2.24, 2.45) is 0 Å². The second-order valence-corrected chi connectivity index (χ2v) is 4.01. The van der Waals surface area contributed by atoms with E-state index in [0.29, 0.717) is 4.70 Å². The topological polar surface area (TPSA) is 43.1 Å². The molecule has 0 aliphatic rings. The minimum absolute atomic E-state index is 0.125. The summed E-state index contributed by atoms with van der Waals surface area (Å²) in [5, 5.41) is 12.2. The van der Waals surface area contributed by atoms with Crippen molar-refractivity contribution in [3.63, 3.8) is 0 Å². The van der Waals surface area contributed by atoms with E-state index >= 15 is 0 Å². The molecule has 0 unspecified atom stereocenters. The molecule has 0 saturated heterocycles. The van der Waals surface area contributed by atoms with Crippen molar-refractivity contribution in [3.05, 3.63) is 33.4 Å². The summed E-state index contributed by atoms with van der Waals surface area (Å²) >= 11 is 4.98. The Morgan fingerprint density at radius 2 is 2.21 bits per heavy atom. The zero-order valence-electron chi connectivity index (χ0n) is 6.73. The lowest BCUT2D eigenvalue weighted by Crippen LogP contribution is -1.89. The maximum Gasteiger partial charge on any atom is 0.300 e. The molecule has 0 N–H and O–H groups in total. The van der Waals surface area contributed by atoms with E-state index in [0.717, 1.165) is 11.3 Å². The van der Waals surface area contributed by atoms with E-state index in [9.17, 15) is 14.5 Å². The zero-order valence-corrected chi connectivity index (χ0v) is 8.44. The lowest BCUT2D eigenvalue weighted by Gasteiger charge is -1.96. The fourth-order valence-corrected chi connectivity index (χ4v) is 2.50. The lowest BCUT2D eigenvalue weighted by molar-refractivity contribution is -0.385. The summed E-state index contributed by atoms with van der Waals surface area (Å²) in [4.78, 5) is 10.4. The molecule has 14 heavy (non-hydrogen) atoms. The van der Waals surface area contributed by atoms with Crippen molar-refractivity contribution in [1.82, 2.24) is 0 Å². The van der Waals surface area contributed by atoms with Crippen LogP contribution in [0.2, 0.25) is 0 Å². The smallest absolute Gasteiger partial charge is 0.258 e. The molecule has 0 radical (unpaired) electrons. The Balaban J connectivity index is 2.90. The predicted octanol–water partition coefficient (Wildman–Crippen LogP) is 3.24. The summed E-state index contributed by atoms with van der Waals surface area (Å²) in [5.41, 5.74) is -0.125. The molecule has 72 valence electrons. The molecule has 1 aromatic heterocycles. The third-order valence-electron chi connectivity index (χ3n) is 1.83. The first-order valence-corrected chi connectivity index (χ1v) is 4.97. The quantitative estimate of drug-likeness (QED) is 0.463. The molecule has 0 aliphatic carbocycles. The summed E-state index contributed by atoms with van der Waals surface area (Å²) < 4.78 is 13.4. The minimum Gasteiger partial charge on any atom is -0.258 e. The highest BCUT2D eigenvalue weighted by Gasteiger charge is 2.19. The van der Waals surface area contributed by atoms with Gasteiger partial charge in [0.25, 0.3) is 5.69 Å². The summed E-state index contributed by atoms with van der Waals surface area (Å²) in [6, 6.07) is 2.93. The number of nitrogens with zero attached hydrogens (tertiary/aromatic N) is 1. The van der Waals surface area contributed by atoms with Crippen molar-refractivity contribution >= 4 is 39.7 Å². The van der Waals surface area contributed by atoms with Crippen molar-refractivity contribution in [2.75, 3.05) is 0 Å². The molecule has 0 bridgehead atoms. The van der Waals surface area contributed by atoms with Gasteiger partial charge in [0.15, 0.2) is 0 Å². The summed E-state index contributed by atoms with van der Waals surface area (Å²) in [7, 11) is 0. The van der Waals surface area contributed by atoms with Gasteiger partial charge in [0.1, 0.15) is 10.5 Å². The zero-order chi connectivity index (χ0) is 10.3. The first-order valence-electron chi connectivity index (χ1n) is 3.64. The van der Waals surface area contributed by atoms with Crippen molar-refractivity contribution in [3.8, 4) is 0 Å². The van der Waals surface area contributed by atoms with E-state index in [1.807, 2.05) is 0 Å². The summed E-state index contributed by atoms with van der Waals surface area (Å²) in [6.45, 7) is 0. The highest BCUT2D eigenvalue weighted by atomic mass is 32.1. The largest absolute Gasteiger partial charge is 0.300 e. The van der Waals surface area contributed by atoms with Gasteiger partial charge in [0.2, 0.25) is 0 Å². The molecule has 0 fully saturated rings. The van der Waals surface area contributed by atoms with Crippen LogP contribution in [-0.4, -0.2) is 4.92 Å². The van der Waals surface area contributed by atoms with Gasteiger partial charge in [-0.15, -0.1) is 24.0 Å². The Hall–Kier alpha value is -1.14. The van der Waals surface area contributed by atoms with Crippen molar-refractivity contribution < 1.29 is 9.31 Å². The van der Waals surface area contributed by atoms with E-state index in [1.165, 1.54) is 17.5 Å². The fourth-order valence-electron chi connectivity index (χ4n) is 1.22. The molecular weight excluding hydrogens is 225 g/mol. The Kier molecular flexibility index (Phi) is 2.16. The summed E-state index contributed by atoms with van der Waals surface area (Å²) in [6.07, 6.45) is 0. The van der Waals surface area contributed by atoms with Crippen LogP contribution in [-0.2, 0) is 0 Å². The Morgan fingerprint density at radius 1 is 1.50 bits per heavy atom. The molecule has 0 amide bonds. The number of rotatable bonds is 1. The number of fused-ring (bicyclic) bond motifs is 1. The third-order valence-corrected chi connectivity index (χ3v) is 3.16. The van der Waals surface area contributed by atoms with Gasteiger partial charge in [-0.05, 0) is 12.1 Å². The number of hydrogen-bond acceptors (Lipinski definition) is 4. The number of nitro benzene ring substituents is 1. The second kappa shape index (κ2) is 3.21. The lowest BCUT2D eigenvalue weighted by atomic mass is 10.2. The number of hydrogen-bond donors (Lipinski definition) is 1. The Morgan fingerprint density at radius 3 is 2.86 bits per heavy atom. The van der Waals surface area contributed by atoms with Crippen LogP contribution in [0.5, 0.6) is 0 Å². The maximum atomic E-state index is 13.1. The maximum absolute atomic E-state index is 13.1. The minimum atomic E-state index is -0.541. The molecule has 1 heterocycles. The van der Waals surface area contributed by atoms with Crippen molar-refractivity contribution in [1.29, 1.82) is 0 Å². The average molecular weight is 229 g/mol. The van der Waals surface area contributed by atoms with Crippen LogP contribution in [0.1, 0.15) is 0 Å². The number of thiol groups is 1. The molecule has 0 aliphatic heterocycles. The van der Waals surface area contributed by atoms with Crippen LogP contribution >= 0.6 is 24.0 Å². The number of benzene rings is 1. The van der Waals surface area contributed by atoms with Crippen molar-refractivity contribution in [2.45, 2.75) is 4.90 Å². The van der Waals surface area contributed by atoms with E-state index < -0.39 is 10.7 Å². The molecular formula is C8H4FNO2S2. The average Bonchev–Trinajstić information content (AvgIpc) is 2.47. The molecule has 0 spiro atoms. The third kappa shape index (κ3) is 1.27. The molecule has 6 heteroatoms. The highest BCUT2D eigenvalue weighted by Crippen LogP contribution is 2.36. The Labute approximate surface area is 87.7 Å². The summed E-state index contributed by atoms with van der Waals surface area (Å²) in [5.74, 6) is -0.429. The number of thiophene rings is 1. The SMILES string of the molecule is O=[N+]([O-])c1c(S)ccc2c(F)csc12. The van der Waals surface area contributed by atoms with E-state index in [2.05, 4.69) is 12.6 Å². The standard InChI is InChI=1S/C8H4FNO2S2/c9-5-3-14-8-4(5)1-2-6(13)7(8)10(11)12/h1-3,13H. The van der Waals surface area contributed by atoms with E-state index in [1.54, 1.807) is 0 Å². The van der Waals surface area contributed by atoms with Gasteiger partial charge in [0, 0.05) is 10.8 Å². The molecule has 2 aromatic rings. The predicted molar refractivity (Wildman–Crippen MR) is 55.7 cm³/mol. The van der Waals surface area contributed by atoms with Crippen LogP contribution in [0.25, 0.3) is 10.1 Å². The van der Waals surface area contributed by atoms with Crippen LogP contribution in [0, 0.1) is 15.9 Å². The molecule has 1 aromatic carbocycles. The van der Waals surface area contributed by atoms with Gasteiger partial charge in [0.05, 0.1) is 9.82 Å². The number of nitro groups is 1. The van der Waals surface area contributed by atoms with Crippen LogP contribution in [0.3, 0.4) is 0 Å². The van der Waals surface area contributed by atoms with Gasteiger partial charge in [-0.3, -0.25) is 10.1 Å². The van der Waals surface area contributed by atoms with Gasteiger partial charge in [-0.1, -0.05) is 0 Å². The fraction of sp³-hybridized carbons (Fsp3) is 0. The highest BCUT2D eigenvalue weighted by molar-refractivity contribution is 7.80. The van der Waals surface area contributed by atoms with Gasteiger partial charge < -0.3 is 0 Å². The monoisotopic (exact) mass is 229 g/mol. The Bertz CT molecular complexity index is 523. The first kappa shape index (κ1) is 9.42.